The predicted molar refractivity (Wildman–Crippen MR) is 71.4 cm³/mol. The van der Waals surface area contributed by atoms with Gasteiger partial charge in [-0.2, -0.15) is 0 Å². The summed E-state index contributed by atoms with van der Waals surface area (Å²) in [5, 5.41) is 0.911. The normalized spacial score (nSPS) is 11.4. The van der Waals surface area contributed by atoms with E-state index in [1.165, 1.54) is 0 Å². The van der Waals surface area contributed by atoms with E-state index in [1.807, 2.05) is 12.1 Å². The Kier molecular flexibility index (Phi) is 6.30. The van der Waals surface area contributed by atoms with Gasteiger partial charge in [0.2, 0.25) is 0 Å². The Labute approximate surface area is 119 Å². The molecule has 0 aliphatic rings. The molecule has 1 rings (SSSR count). The molecule has 0 fully saturated rings. The molecule has 0 aliphatic heterocycles. The number of Topliss-reactive ketones (excluding diaryl/α,β-unsaturated/α-hetero) is 1. The number of carbonyl (C=O) groups is 4. The number of ketones is 1. The van der Waals surface area contributed by atoms with Gasteiger partial charge >= 0.3 is 119 Å². The van der Waals surface area contributed by atoms with Gasteiger partial charge in [-0.25, -0.2) is 0 Å². The van der Waals surface area contributed by atoms with Crippen molar-refractivity contribution in [3.63, 3.8) is 0 Å². The van der Waals surface area contributed by atoms with Gasteiger partial charge in [0, 0.05) is 0 Å². The molecule has 0 heterocycles. The monoisotopic (exact) mass is 316 g/mol. The Hall–Kier alpha value is -1.77. The van der Waals surface area contributed by atoms with Crippen LogP contribution in [-0.2, 0) is 38.7 Å². The van der Waals surface area contributed by atoms with Crippen molar-refractivity contribution >= 4 is 21.2 Å². The maximum absolute atomic E-state index is 11.8. The fourth-order valence-electron chi connectivity index (χ4n) is 1.60. The molecular weight excluding hydrogens is 300 g/mol. The summed E-state index contributed by atoms with van der Waals surface area (Å²) in [6.45, 7) is 0. The Morgan fingerprint density at radius 3 is 2.10 bits per heavy atom. The van der Waals surface area contributed by atoms with Crippen LogP contribution in [0, 0.1) is 0 Å². The van der Waals surface area contributed by atoms with Gasteiger partial charge in [0.05, 0.1) is 0 Å². The van der Waals surface area contributed by atoms with Crippen molar-refractivity contribution in [1.29, 1.82) is 0 Å². The number of rotatable bonds is 9. The third kappa shape index (κ3) is 4.41. The predicted octanol–water partition coefficient (Wildman–Crippen LogP) is 1.34. The summed E-state index contributed by atoms with van der Waals surface area (Å²) in [4.78, 5) is 44.2. The quantitative estimate of drug-likeness (QED) is 0.643. The van der Waals surface area contributed by atoms with Crippen LogP contribution in [0.25, 0.3) is 0 Å². The van der Waals surface area contributed by atoms with Gasteiger partial charge in [-0.05, 0) is 0 Å². The fraction of sp³-hybridized carbons (Fsp3) is 0.286. The van der Waals surface area contributed by atoms with Gasteiger partial charge in [0.1, 0.15) is 0 Å². The first-order chi connectivity index (χ1) is 9.59. The molecule has 0 aromatic heterocycles. The molecule has 0 N–H and O–H groups in total. The van der Waals surface area contributed by atoms with E-state index in [2.05, 4.69) is 0 Å². The summed E-state index contributed by atoms with van der Waals surface area (Å²) in [5.41, 5.74) is 0.955. The summed E-state index contributed by atoms with van der Waals surface area (Å²) in [5.74, 6) is 0.502. The van der Waals surface area contributed by atoms with E-state index < -0.39 is 13.1 Å². The van der Waals surface area contributed by atoms with Crippen molar-refractivity contribution in [3.05, 3.63) is 29.8 Å². The van der Waals surface area contributed by atoms with Crippen molar-refractivity contribution in [2.24, 2.45) is 0 Å². The van der Waals surface area contributed by atoms with Crippen LogP contribution in [0.4, 0.5) is 0 Å². The molecule has 0 unspecified atom stereocenters. The molecule has 108 valence electrons. The second kappa shape index (κ2) is 7.73. The van der Waals surface area contributed by atoms with Crippen molar-refractivity contribution < 1.29 is 37.0 Å². The molecule has 20 heavy (non-hydrogen) atoms. The van der Waals surface area contributed by atoms with Gasteiger partial charge in [0.15, 0.2) is 0 Å². The molecule has 1 aromatic carbocycles. The first-order valence-corrected chi connectivity index (χ1v) is 9.01. The third-order valence-electron chi connectivity index (χ3n) is 2.80. The van der Waals surface area contributed by atoms with E-state index >= 15 is 0 Å². The molecule has 1 aromatic rings. The van der Waals surface area contributed by atoms with Gasteiger partial charge in [-0.15, -0.1) is 0 Å². The molecular formula is C14H16CrO5. The topological polar surface area (TPSA) is 77.5 Å². The van der Waals surface area contributed by atoms with Crippen molar-refractivity contribution in [2.75, 3.05) is 7.11 Å². The van der Waals surface area contributed by atoms with Crippen molar-refractivity contribution in [2.45, 2.75) is 18.1 Å². The first-order valence-electron chi connectivity index (χ1n) is 5.90. The van der Waals surface area contributed by atoms with E-state index in [4.69, 9.17) is 4.74 Å². The third-order valence-corrected chi connectivity index (χ3v) is 5.76. The number of hydrogen-bond acceptors (Lipinski definition) is 5. The summed E-state index contributed by atoms with van der Waals surface area (Å²) in [7, 11) is 1.57. The SMILES string of the molecule is COc1ccc(CCC(=O)[CH2][Cr]([CH]=O)([CH]=O)[CH]=O)cc1. The van der Waals surface area contributed by atoms with E-state index in [-0.39, 0.29) is 17.5 Å². The van der Waals surface area contributed by atoms with E-state index in [1.54, 1.807) is 19.2 Å². The summed E-state index contributed by atoms with van der Waals surface area (Å²) in [6.07, 6.45) is 0.716. The van der Waals surface area contributed by atoms with Crippen LogP contribution in [0.5, 0.6) is 5.75 Å². The number of benzene rings is 1. The van der Waals surface area contributed by atoms with Gasteiger partial charge < -0.3 is 0 Å². The Morgan fingerprint density at radius 1 is 1.10 bits per heavy atom. The van der Waals surface area contributed by atoms with Crippen LogP contribution in [0.1, 0.15) is 12.0 Å². The average molecular weight is 316 g/mol. The number of ether oxygens (including phenoxy) is 1. The Balaban J connectivity index is 2.56. The van der Waals surface area contributed by atoms with Crippen LogP contribution < -0.4 is 4.74 Å². The summed E-state index contributed by atoms with van der Waals surface area (Å²) < 4.78 is 5.03. The zero-order valence-electron chi connectivity index (χ0n) is 11.1. The van der Waals surface area contributed by atoms with E-state index in [0.29, 0.717) is 21.9 Å². The zero-order chi connectivity index (χ0) is 15.0. The Morgan fingerprint density at radius 2 is 1.65 bits per heavy atom. The number of hydrogen-bond donors (Lipinski definition) is 0. The molecule has 6 heteroatoms. The minimum atomic E-state index is -3.53. The van der Waals surface area contributed by atoms with Crippen LogP contribution in [0.3, 0.4) is 0 Å². The van der Waals surface area contributed by atoms with Crippen LogP contribution >= 0.6 is 0 Å². The van der Waals surface area contributed by atoms with Gasteiger partial charge in [-0.1, -0.05) is 0 Å². The average Bonchev–Trinajstić information content (AvgIpc) is 2.51. The number of carbonyl (C=O) groups excluding carboxylic acids is 4. The Bertz CT molecular complexity index is 473. The van der Waals surface area contributed by atoms with Crippen LogP contribution in [-0.4, -0.2) is 28.3 Å². The first kappa shape index (κ1) is 16.3. The van der Waals surface area contributed by atoms with E-state index in [0.717, 1.165) is 11.3 Å². The van der Waals surface area contributed by atoms with Crippen LogP contribution in [0.2, 0.25) is 5.28 Å². The molecule has 0 radical (unpaired) electrons. The molecule has 0 aliphatic carbocycles. The molecule has 5 nitrogen and oxygen atoms in total. The van der Waals surface area contributed by atoms with E-state index in [9.17, 15) is 19.2 Å². The molecule has 0 bridgehead atoms. The van der Waals surface area contributed by atoms with Crippen LogP contribution in [0.15, 0.2) is 24.3 Å². The van der Waals surface area contributed by atoms with Crippen molar-refractivity contribution in [1.82, 2.24) is 0 Å². The van der Waals surface area contributed by atoms with Gasteiger partial charge in [0.25, 0.3) is 0 Å². The maximum atomic E-state index is 11.8. The number of methoxy groups -OCH3 is 1. The standard InChI is InChI=1S/C11H13O2.3CHO.Cr/c1-9(12)3-4-10-5-7-11(13-2)8-6-10;3*1-2;/h5-8H,1,3-4H2,2H3;3*1H;. The summed E-state index contributed by atoms with van der Waals surface area (Å²) >= 11 is -3.53. The molecule has 0 saturated heterocycles. The molecule has 0 saturated carbocycles. The molecule has 0 spiro atoms. The summed E-state index contributed by atoms with van der Waals surface area (Å²) in [6, 6.07) is 7.28. The molecule has 0 amide bonds. The van der Waals surface area contributed by atoms with Gasteiger partial charge in [-0.3, -0.25) is 0 Å². The second-order valence-corrected chi connectivity index (χ2v) is 8.42. The zero-order valence-corrected chi connectivity index (χ0v) is 12.4. The fourth-order valence-corrected chi connectivity index (χ4v) is 3.22. The van der Waals surface area contributed by atoms with Crippen molar-refractivity contribution in [3.8, 4) is 5.75 Å². The minimum absolute atomic E-state index is 0.209. The number of aryl methyl sites for hydroxylation is 1. The molecule has 0 atom stereocenters. The second-order valence-electron chi connectivity index (χ2n) is 4.23.